The number of ether oxygens (including phenoxy) is 3. The second-order valence-electron chi connectivity index (χ2n) is 12.4. The first-order chi connectivity index (χ1) is 19.4. The van der Waals surface area contributed by atoms with Crippen molar-refractivity contribution >= 4 is 11.8 Å². The van der Waals surface area contributed by atoms with Crippen LogP contribution in [0.4, 0.5) is 0 Å². The van der Waals surface area contributed by atoms with Gasteiger partial charge in [-0.3, -0.25) is 9.59 Å². The number of fused-ring (bicyclic) bond motifs is 1. The molecule has 41 heavy (non-hydrogen) atoms. The molecule has 4 rings (SSSR count). The van der Waals surface area contributed by atoms with E-state index >= 15 is 0 Å². The van der Waals surface area contributed by atoms with Crippen LogP contribution in [0, 0.1) is 23.7 Å². The molecule has 4 aliphatic rings. The molecule has 0 unspecified atom stereocenters. The number of rotatable bonds is 2. The normalized spacial score (nSPS) is 38.4. The molecule has 1 aliphatic carbocycles. The van der Waals surface area contributed by atoms with Gasteiger partial charge in [0.15, 0.2) is 11.5 Å². The van der Waals surface area contributed by atoms with Crippen molar-refractivity contribution in [2.24, 2.45) is 23.7 Å². The molecule has 0 saturated carbocycles. The lowest BCUT2D eigenvalue weighted by atomic mass is 9.81. The fourth-order valence-electron chi connectivity index (χ4n) is 6.46. The zero-order valence-corrected chi connectivity index (χ0v) is 24.9. The lowest BCUT2D eigenvalue weighted by Gasteiger charge is -2.45. The summed E-state index contributed by atoms with van der Waals surface area (Å²) in [5, 5.41) is 32.2. The summed E-state index contributed by atoms with van der Waals surface area (Å²) in [5.41, 5.74) is 1.94. The van der Waals surface area contributed by atoms with Crippen molar-refractivity contribution in [3.05, 3.63) is 58.9 Å². The van der Waals surface area contributed by atoms with E-state index in [0.29, 0.717) is 17.8 Å². The number of carbonyl (C=O) groups is 2. The van der Waals surface area contributed by atoms with Gasteiger partial charge in [0.1, 0.15) is 6.10 Å². The Morgan fingerprint density at radius 3 is 2.51 bits per heavy atom. The van der Waals surface area contributed by atoms with Gasteiger partial charge in [0, 0.05) is 31.1 Å². The third-order valence-electron chi connectivity index (χ3n) is 9.20. The summed E-state index contributed by atoms with van der Waals surface area (Å²) >= 11 is 0. The number of cyclic esters (lactones) is 1. The van der Waals surface area contributed by atoms with Crippen molar-refractivity contribution in [1.29, 1.82) is 0 Å². The van der Waals surface area contributed by atoms with Crippen LogP contribution in [0.2, 0.25) is 0 Å². The number of allylic oxidation sites excluding steroid dienone is 6. The maximum Gasteiger partial charge on any atom is 0.309 e. The van der Waals surface area contributed by atoms with Crippen molar-refractivity contribution in [2.45, 2.75) is 103 Å². The fraction of sp³-hybridized carbons (Fsp3) is 0.636. The van der Waals surface area contributed by atoms with Crippen molar-refractivity contribution in [2.75, 3.05) is 6.61 Å². The first-order valence-corrected chi connectivity index (χ1v) is 14.9. The number of ketones is 1. The van der Waals surface area contributed by atoms with E-state index < -0.39 is 41.8 Å². The van der Waals surface area contributed by atoms with Gasteiger partial charge in [-0.05, 0) is 56.8 Å². The van der Waals surface area contributed by atoms with E-state index in [2.05, 4.69) is 6.92 Å². The van der Waals surface area contributed by atoms with Gasteiger partial charge in [0.2, 0.25) is 5.78 Å². The van der Waals surface area contributed by atoms with Gasteiger partial charge in [0.05, 0.1) is 37.3 Å². The number of hydrogen-bond acceptors (Lipinski definition) is 8. The Morgan fingerprint density at radius 2 is 1.80 bits per heavy atom. The van der Waals surface area contributed by atoms with Crippen LogP contribution in [0.15, 0.2) is 58.9 Å². The minimum Gasteiger partial charge on any atom is -0.504 e. The Balaban J connectivity index is 1.63. The molecule has 0 aromatic carbocycles. The quantitative estimate of drug-likeness (QED) is 0.312. The maximum absolute atomic E-state index is 13.0. The zero-order valence-electron chi connectivity index (χ0n) is 24.9. The van der Waals surface area contributed by atoms with E-state index in [4.69, 9.17) is 14.2 Å². The number of carbonyl (C=O) groups excluding carboxylic acids is 2. The van der Waals surface area contributed by atoms with E-state index in [1.165, 1.54) is 0 Å². The minimum atomic E-state index is -0.997. The van der Waals surface area contributed by atoms with Crippen molar-refractivity contribution in [1.82, 2.24) is 0 Å². The SMILES string of the molecule is CC1=C[C@@H](O)C(C)=CCC(=O)O[C@H]([C@H](C)[C@@H]2O[C@]3(CCCO3)CC[C@H]2C)C[C@@H](O)C=C[C@H]2C(=O)C(O)=C(C)[C@@H]2C=C1. The number of hydrogen-bond donors (Lipinski definition) is 3. The molecule has 226 valence electrons. The van der Waals surface area contributed by atoms with Gasteiger partial charge in [0.25, 0.3) is 0 Å². The predicted molar refractivity (Wildman–Crippen MR) is 155 cm³/mol. The number of aliphatic hydroxyl groups is 3. The van der Waals surface area contributed by atoms with Gasteiger partial charge in [-0.2, -0.15) is 0 Å². The number of esters is 1. The second-order valence-corrected chi connectivity index (χ2v) is 12.4. The lowest BCUT2D eigenvalue weighted by molar-refractivity contribution is -0.283. The predicted octanol–water partition coefficient (Wildman–Crippen LogP) is 5.02. The topological polar surface area (TPSA) is 123 Å². The van der Waals surface area contributed by atoms with E-state index in [0.717, 1.165) is 31.3 Å². The Hall–Kier alpha value is -2.52. The van der Waals surface area contributed by atoms with E-state index in [-0.39, 0.29) is 42.5 Å². The smallest absolute Gasteiger partial charge is 0.309 e. The van der Waals surface area contributed by atoms with Crippen LogP contribution in [0.1, 0.15) is 73.1 Å². The lowest BCUT2D eigenvalue weighted by Crippen LogP contribution is -2.49. The average Bonchev–Trinajstić information content (AvgIpc) is 3.47. The maximum atomic E-state index is 13.0. The third kappa shape index (κ3) is 7.28. The molecule has 0 radical (unpaired) electrons. The number of Topliss-reactive ketones (excluding diaryl/α,β-unsaturated/α-hetero) is 1. The highest BCUT2D eigenvalue weighted by molar-refractivity contribution is 6.00. The van der Waals surface area contributed by atoms with Crippen LogP contribution in [0.3, 0.4) is 0 Å². The summed E-state index contributed by atoms with van der Waals surface area (Å²) < 4.78 is 18.6. The second kappa shape index (κ2) is 13.2. The monoisotopic (exact) mass is 570 g/mol. The summed E-state index contributed by atoms with van der Waals surface area (Å²) in [5.74, 6) is -2.79. The molecule has 3 heterocycles. The molecule has 0 bridgehead atoms. The van der Waals surface area contributed by atoms with Gasteiger partial charge in [-0.15, -0.1) is 0 Å². The minimum absolute atomic E-state index is 0.0170. The Kier molecular flexibility index (Phi) is 10.1. The van der Waals surface area contributed by atoms with Crippen LogP contribution in [0.25, 0.3) is 0 Å². The highest BCUT2D eigenvalue weighted by Gasteiger charge is 2.47. The molecule has 1 spiro atoms. The molecule has 0 amide bonds. The molecule has 2 fully saturated rings. The fourth-order valence-corrected chi connectivity index (χ4v) is 6.46. The summed E-state index contributed by atoms with van der Waals surface area (Å²) in [4.78, 5) is 25.9. The molecule has 9 atom stereocenters. The summed E-state index contributed by atoms with van der Waals surface area (Å²) in [6.45, 7) is 10.1. The van der Waals surface area contributed by atoms with Crippen LogP contribution in [-0.2, 0) is 23.8 Å². The van der Waals surface area contributed by atoms with Gasteiger partial charge < -0.3 is 29.5 Å². The largest absolute Gasteiger partial charge is 0.504 e. The van der Waals surface area contributed by atoms with Crippen LogP contribution in [0.5, 0.6) is 0 Å². The van der Waals surface area contributed by atoms with Crippen molar-refractivity contribution in [3.63, 3.8) is 0 Å². The van der Waals surface area contributed by atoms with Gasteiger partial charge >= 0.3 is 5.97 Å². The first kappa shape index (κ1) is 31.4. The van der Waals surface area contributed by atoms with Crippen LogP contribution in [-0.4, -0.2) is 63.9 Å². The summed E-state index contributed by atoms with van der Waals surface area (Å²) in [6.07, 6.45) is 11.0. The molecule has 8 nitrogen and oxygen atoms in total. The molecule has 2 saturated heterocycles. The summed E-state index contributed by atoms with van der Waals surface area (Å²) in [7, 11) is 0. The van der Waals surface area contributed by atoms with Gasteiger partial charge in [-0.1, -0.05) is 49.8 Å². The van der Waals surface area contributed by atoms with Crippen LogP contribution < -0.4 is 0 Å². The van der Waals surface area contributed by atoms with E-state index in [1.807, 2.05) is 26.0 Å². The molecule has 0 aromatic rings. The van der Waals surface area contributed by atoms with E-state index in [9.17, 15) is 24.9 Å². The Labute approximate surface area is 243 Å². The molecule has 3 aliphatic heterocycles. The third-order valence-corrected chi connectivity index (χ3v) is 9.20. The van der Waals surface area contributed by atoms with Crippen LogP contribution >= 0.6 is 0 Å². The molecule has 0 aromatic heterocycles. The van der Waals surface area contributed by atoms with Crippen molar-refractivity contribution < 1.29 is 39.1 Å². The van der Waals surface area contributed by atoms with E-state index in [1.54, 1.807) is 38.2 Å². The highest BCUT2D eigenvalue weighted by atomic mass is 16.7. The number of aliphatic hydroxyl groups excluding tert-OH is 3. The zero-order chi connectivity index (χ0) is 29.9. The molecular weight excluding hydrogens is 524 g/mol. The summed E-state index contributed by atoms with van der Waals surface area (Å²) in [6, 6.07) is 0. The molecular formula is C33H46O8. The molecule has 8 heteroatoms. The van der Waals surface area contributed by atoms with Gasteiger partial charge in [-0.25, -0.2) is 0 Å². The standard InChI is InChI=1S/C33H46O8/c1-19-7-10-25-22(4)30(37)31(38)26(25)11-9-24(34)18-28(40-29(36)12-8-20(2)27(35)17-19)23(5)32-21(3)13-15-33(41-32)14-6-16-39-33/h7-11,17,21,23-28,32,34-35,37H,6,12-16,18H2,1-5H3/t21-,23+,24+,25+,26-,27-,28+,32-,33-/m1/s1. The molecule has 3 N–H and O–H groups in total. The first-order valence-electron chi connectivity index (χ1n) is 14.9. The van der Waals surface area contributed by atoms with Crippen molar-refractivity contribution in [3.8, 4) is 0 Å². The Bertz CT molecular complexity index is 1140. The highest BCUT2D eigenvalue weighted by Crippen LogP contribution is 2.43. The Morgan fingerprint density at radius 1 is 1.05 bits per heavy atom. The average molecular weight is 571 g/mol.